The Balaban J connectivity index is 1.42. The van der Waals surface area contributed by atoms with Gasteiger partial charge in [0.15, 0.2) is 12.5 Å². The molecule has 0 heterocycles. The van der Waals surface area contributed by atoms with E-state index in [0.717, 1.165) is 36.8 Å². The van der Waals surface area contributed by atoms with Crippen LogP contribution in [0.25, 0.3) is 0 Å². The van der Waals surface area contributed by atoms with Crippen molar-refractivity contribution < 1.29 is 19.1 Å². The summed E-state index contributed by atoms with van der Waals surface area (Å²) in [7, 11) is 3.47. The van der Waals surface area contributed by atoms with E-state index in [0.29, 0.717) is 12.8 Å². The molecule has 2 N–H and O–H groups in total. The summed E-state index contributed by atoms with van der Waals surface area (Å²) in [5.74, 6) is -1.88. The zero-order chi connectivity index (χ0) is 32.7. The largest absolute Gasteiger partial charge is 0.438 e. The van der Waals surface area contributed by atoms with Crippen LogP contribution >= 0.6 is 0 Å². The molecule has 46 heavy (non-hydrogen) atoms. The van der Waals surface area contributed by atoms with Crippen LogP contribution in [0.15, 0.2) is 109 Å². The van der Waals surface area contributed by atoms with Crippen LogP contribution in [0.1, 0.15) is 71.9 Å². The van der Waals surface area contributed by atoms with Crippen molar-refractivity contribution in [3.05, 3.63) is 143 Å². The zero-order valence-corrected chi connectivity index (χ0v) is 27.6. The number of nitrogens with one attached hydrogen (secondary N) is 2. The summed E-state index contributed by atoms with van der Waals surface area (Å²) in [5.41, 5.74) is 7.31. The van der Waals surface area contributed by atoms with Gasteiger partial charge in [0.25, 0.3) is 0 Å². The molecule has 4 unspecified atom stereocenters. The molecule has 0 radical (unpaired) electrons. The van der Waals surface area contributed by atoms with E-state index in [9.17, 15) is 9.59 Å². The van der Waals surface area contributed by atoms with Gasteiger partial charge in [-0.1, -0.05) is 123 Å². The Morgan fingerprint density at radius 2 is 0.913 bits per heavy atom. The number of esters is 2. The molecule has 0 fully saturated rings. The smallest absolute Gasteiger partial charge is 0.419 e. The molecule has 4 aromatic carbocycles. The van der Waals surface area contributed by atoms with Crippen molar-refractivity contribution >= 4 is 11.9 Å². The Morgan fingerprint density at radius 3 is 1.26 bits per heavy atom. The lowest BCUT2D eigenvalue weighted by Gasteiger charge is -2.26. The minimum Gasteiger partial charge on any atom is -0.438 e. The van der Waals surface area contributed by atoms with Crippen LogP contribution in [0.4, 0.5) is 0 Å². The number of benzene rings is 4. The molecular formula is C40H48N2O4. The normalized spacial score (nSPS) is 13.7. The SMILES string of the molecule is CCc1cccc(CC(CC(NC)OC(=O)C(=O)OC(CC(Cc2cccc(CC)c2)c2ccccc2)NC)c2ccccc2)c1. The first-order valence-electron chi connectivity index (χ1n) is 16.4. The number of carbonyl (C=O) groups excluding carboxylic acids is 2. The standard InChI is InChI=1S/C40H48N2O4/c1-5-29-15-13-17-31(23-29)25-35(33-19-9-7-10-20-33)27-37(41-3)45-39(43)40(44)46-38(42-4)28-36(34-21-11-8-12-22-34)26-32-18-14-16-30(6-2)24-32/h7-24,35-38,41-42H,5-6,25-28H2,1-4H3. The summed E-state index contributed by atoms with van der Waals surface area (Å²) in [6, 6.07) is 37.6. The summed E-state index contributed by atoms with van der Waals surface area (Å²) in [6.07, 6.45) is 3.15. The molecule has 0 saturated carbocycles. The van der Waals surface area contributed by atoms with Crippen LogP contribution < -0.4 is 10.6 Å². The van der Waals surface area contributed by atoms with Crippen molar-refractivity contribution in [1.29, 1.82) is 0 Å². The monoisotopic (exact) mass is 620 g/mol. The van der Waals surface area contributed by atoms with Gasteiger partial charge in [0.2, 0.25) is 0 Å². The molecule has 6 heteroatoms. The summed E-state index contributed by atoms with van der Waals surface area (Å²) in [4.78, 5) is 26.2. The highest BCUT2D eigenvalue weighted by Crippen LogP contribution is 2.28. The first-order valence-corrected chi connectivity index (χ1v) is 16.4. The van der Waals surface area contributed by atoms with Gasteiger partial charge in [-0.25, -0.2) is 9.59 Å². The van der Waals surface area contributed by atoms with Crippen molar-refractivity contribution in [3.63, 3.8) is 0 Å². The molecule has 0 aliphatic carbocycles. The highest BCUT2D eigenvalue weighted by atomic mass is 16.6. The maximum Gasteiger partial charge on any atom is 0.419 e. The van der Waals surface area contributed by atoms with E-state index < -0.39 is 24.4 Å². The van der Waals surface area contributed by atoms with E-state index in [2.05, 4.69) is 97.3 Å². The maximum absolute atomic E-state index is 13.1. The third-order valence-electron chi connectivity index (χ3n) is 8.61. The van der Waals surface area contributed by atoms with Gasteiger partial charge in [-0.15, -0.1) is 0 Å². The molecule has 4 rings (SSSR count). The van der Waals surface area contributed by atoms with Crippen LogP contribution in [0, 0.1) is 0 Å². The Bertz CT molecular complexity index is 1390. The number of ether oxygens (including phenoxy) is 2. The zero-order valence-electron chi connectivity index (χ0n) is 27.6. The molecule has 6 nitrogen and oxygen atoms in total. The maximum atomic E-state index is 13.1. The summed E-state index contributed by atoms with van der Waals surface area (Å²) < 4.78 is 11.4. The molecule has 0 spiro atoms. The summed E-state index contributed by atoms with van der Waals surface area (Å²) >= 11 is 0. The fourth-order valence-electron chi connectivity index (χ4n) is 5.97. The number of hydrogen-bond acceptors (Lipinski definition) is 6. The lowest BCUT2D eigenvalue weighted by Crippen LogP contribution is -2.39. The van der Waals surface area contributed by atoms with Gasteiger partial charge in [0.05, 0.1) is 0 Å². The Kier molecular flexibility index (Phi) is 13.6. The Labute approximate surface area is 274 Å². The van der Waals surface area contributed by atoms with E-state index in [1.54, 1.807) is 14.1 Å². The minimum absolute atomic E-state index is 0.0671. The van der Waals surface area contributed by atoms with Gasteiger partial charge in [-0.05, 0) is 85.0 Å². The average Bonchev–Trinajstić information content (AvgIpc) is 3.11. The third kappa shape index (κ3) is 10.4. The lowest BCUT2D eigenvalue weighted by molar-refractivity contribution is -0.176. The second-order valence-electron chi connectivity index (χ2n) is 11.8. The fraction of sp³-hybridized carbons (Fsp3) is 0.350. The predicted octanol–water partition coefficient (Wildman–Crippen LogP) is 7.12. The van der Waals surface area contributed by atoms with Crippen molar-refractivity contribution in [2.45, 2.75) is 76.7 Å². The highest BCUT2D eigenvalue weighted by Gasteiger charge is 2.28. The highest BCUT2D eigenvalue weighted by molar-refractivity contribution is 6.29. The Morgan fingerprint density at radius 1 is 0.543 bits per heavy atom. The van der Waals surface area contributed by atoms with E-state index in [4.69, 9.17) is 9.47 Å². The molecule has 0 saturated heterocycles. The van der Waals surface area contributed by atoms with Crippen molar-refractivity contribution in [2.24, 2.45) is 0 Å². The lowest BCUT2D eigenvalue weighted by atomic mass is 9.88. The number of hydrogen-bond donors (Lipinski definition) is 2. The van der Waals surface area contributed by atoms with E-state index >= 15 is 0 Å². The number of aryl methyl sites for hydroxylation is 2. The topological polar surface area (TPSA) is 76.7 Å². The molecule has 0 aliphatic heterocycles. The van der Waals surface area contributed by atoms with Crippen LogP contribution in [-0.4, -0.2) is 38.5 Å². The number of carbonyl (C=O) groups is 2. The van der Waals surface area contributed by atoms with Crippen molar-refractivity contribution in [1.82, 2.24) is 10.6 Å². The molecule has 4 aromatic rings. The van der Waals surface area contributed by atoms with Crippen molar-refractivity contribution in [2.75, 3.05) is 14.1 Å². The van der Waals surface area contributed by atoms with Crippen LogP contribution in [0.2, 0.25) is 0 Å². The quantitative estimate of drug-likeness (QED) is 0.0789. The molecule has 0 aromatic heterocycles. The van der Waals surface area contributed by atoms with E-state index in [1.165, 1.54) is 22.3 Å². The molecule has 4 atom stereocenters. The molecule has 0 amide bonds. The van der Waals surface area contributed by atoms with Crippen LogP contribution in [0.5, 0.6) is 0 Å². The van der Waals surface area contributed by atoms with Gasteiger partial charge in [0.1, 0.15) is 0 Å². The predicted molar refractivity (Wildman–Crippen MR) is 185 cm³/mol. The van der Waals surface area contributed by atoms with E-state index in [1.807, 2.05) is 36.4 Å². The van der Waals surface area contributed by atoms with Gasteiger partial charge < -0.3 is 9.47 Å². The summed E-state index contributed by atoms with van der Waals surface area (Å²) in [6.45, 7) is 4.30. The van der Waals surface area contributed by atoms with Gasteiger partial charge in [-0.3, -0.25) is 10.6 Å². The van der Waals surface area contributed by atoms with Gasteiger partial charge in [-0.2, -0.15) is 0 Å². The second kappa shape index (κ2) is 18.0. The van der Waals surface area contributed by atoms with Crippen LogP contribution in [-0.2, 0) is 44.7 Å². The first kappa shape index (κ1) is 34.6. The summed E-state index contributed by atoms with van der Waals surface area (Å²) in [5, 5.41) is 6.18. The molecular weight excluding hydrogens is 572 g/mol. The molecule has 242 valence electrons. The van der Waals surface area contributed by atoms with Crippen molar-refractivity contribution in [3.8, 4) is 0 Å². The first-order chi connectivity index (χ1) is 22.4. The fourth-order valence-corrected chi connectivity index (χ4v) is 5.97. The van der Waals surface area contributed by atoms with Crippen LogP contribution in [0.3, 0.4) is 0 Å². The van der Waals surface area contributed by atoms with Gasteiger partial charge >= 0.3 is 11.9 Å². The molecule has 0 aliphatic rings. The second-order valence-corrected chi connectivity index (χ2v) is 11.8. The number of rotatable bonds is 16. The average molecular weight is 621 g/mol. The third-order valence-corrected chi connectivity index (χ3v) is 8.61. The van der Waals surface area contributed by atoms with E-state index in [-0.39, 0.29) is 11.8 Å². The minimum atomic E-state index is -1.01. The Hall–Kier alpha value is -4.26. The molecule has 0 bridgehead atoms. The van der Waals surface area contributed by atoms with Gasteiger partial charge in [0, 0.05) is 12.8 Å².